The molecule has 0 N–H and O–H groups in total. The molecule has 0 aliphatic carbocycles. The molecule has 0 amide bonds. The number of hydrogen-bond acceptors (Lipinski definition) is 6. The van der Waals surface area contributed by atoms with Gasteiger partial charge in [0, 0.05) is 14.7 Å². The molecule has 24 heavy (non-hydrogen) atoms. The average Bonchev–Trinajstić information content (AvgIpc) is 3.06. The van der Waals surface area contributed by atoms with E-state index in [1.807, 2.05) is 0 Å². The van der Waals surface area contributed by atoms with Gasteiger partial charge in [0.05, 0.1) is 30.7 Å². The average molecular weight is 361 g/mol. The second-order valence-electron chi connectivity index (χ2n) is 7.09. The van der Waals surface area contributed by atoms with E-state index in [0.29, 0.717) is 6.61 Å². The molecule has 0 aromatic carbocycles. The van der Waals surface area contributed by atoms with Gasteiger partial charge in [0.1, 0.15) is 19.1 Å². The zero-order valence-corrected chi connectivity index (χ0v) is 15.2. The van der Waals surface area contributed by atoms with Crippen LogP contribution in [0.3, 0.4) is 0 Å². The first kappa shape index (κ1) is 18.8. The van der Waals surface area contributed by atoms with Crippen molar-refractivity contribution in [3.05, 3.63) is 16.3 Å². The van der Waals surface area contributed by atoms with Crippen LogP contribution in [0.1, 0.15) is 0 Å². The quantitative estimate of drug-likeness (QED) is 0.290. The summed E-state index contributed by atoms with van der Waals surface area (Å²) in [6.07, 6.45) is 0.151. The van der Waals surface area contributed by atoms with E-state index in [1.165, 1.54) is 10.9 Å². The number of nitrogens with zero attached hydrogens (tertiary/aromatic N) is 3. The summed E-state index contributed by atoms with van der Waals surface area (Å²) in [4.78, 5) is 10.5. The summed E-state index contributed by atoms with van der Waals surface area (Å²) in [5.41, 5.74) is -0.252. The van der Waals surface area contributed by atoms with Gasteiger partial charge in [-0.25, -0.2) is 9.07 Å². The molecule has 1 fully saturated rings. The number of ether oxygens (including phenoxy) is 3. The molecule has 1 aliphatic heterocycles. The lowest BCUT2D eigenvalue weighted by atomic mass is 10.1. The summed E-state index contributed by atoms with van der Waals surface area (Å²) in [7, 11) is -1.19. The Hall–Kier alpha value is -1.52. The predicted octanol–water partition coefficient (Wildman–Crippen LogP) is 2.47. The molecule has 1 saturated heterocycles. The van der Waals surface area contributed by atoms with Crippen molar-refractivity contribution in [3.8, 4) is 5.88 Å². The maximum absolute atomic E-state index is 13.5. The maximum atomic E-state index is 13.5. The van der Waals surface area contributed by atoms with Crippen LogP contribution < -0.4 is 4.74 Å². The minimum Gasteiger partial charge on any atom is -0.471 e. The number of aromatic nitrogens is 2. The maximum Gasteiger partial charge on any atom is 0.350 e. The summed E-state index contributed by atoms with van der Waals surface area (Å²) >= 11 is 0. The monoisotopic (exact) mass is 361 g/mol. The highest BCUT2D eigenvalue weighted by atomic mass is 28.3. The van der Waals surface area contributed by atoms with E-state index in [-0.39, 0.29) is 38.1 Å². The van der Waals surface area contributed by atoms with Gasteiger partial charge in [0.2, 0.25) is 0 Å². The number of nitro groups is 1. The van der Waals surface area contributed by atoms with Crippen LogP contribution in [0.5, 0.6) is 5.88 Å². The van der Waals surface area contributed by atoms with Crippen molar-refractivity contribution in [2.45, 2.75) is 38.6 Å². The molecule has 0 radical (unpaired) electrons. The van der Waals surface area contributed by atoms with E-state index in [0.717, 1.165) is 6.04 Å². The molecule has 0 saturated carbocycles. The fraction of sp³-hybridized carbons (Fsp3) is 0.786. The molecular weight excluding hydrogens is 337 g/mol. The molecule has 8 nitrogen and oxygen atoms in total. The summed E-state index contributed by atoms with van der Waals surface area (Å²) in [6, 6.07) is 0.999. The van der Waals surface area contributed by atoms with Crippen LogP contribution in [0, 0.1) is 16.0 Å². The summed E-state index contributed by atoms with van der Waals surface area (Å²) in [6.45, 7) is 7.71. The minimum atomic E-state index is -1.19. The Kier molecular flexibility index (Phi) is 6.30. The molecule has 2 rings (SSSR count). The molecule has 0 bridgehead atoms. The normalized spacial score (nSPS) is 21.2. The molecular formula is C14H24FN3O5Si. The van der Waals surface area contributed by atoms with Gasteiger partial charge in [-0.05, 0) is 6.04 Å². The first-order valence-corrected chi connectivity index (χ1v) is 11.6. The Labute approximate surface area is 141 Å². The van der Waals surface area contributed by atoms with Crippen LogP contribution in [0.2, 0.25) is 25.7 Å². The van der Waals surface area contributed by atoms with Gasteiger partial charge in [-0.3, -0.25) is 10.1 Å². The van der Waals surface area contributed by atoms with E-state index in [4.69, 9.17) is 14.2 Å². The lowest BCUT2D eigenvalue weighted by molar-refractivity contribution is -0.386. The van der Waals surface area contributed by atoms with Gasteiger partial charge in [0.15, 0.2) is 0 Å². The fourth-order valence-corrected chi connectivity index (χ4v) is 2.89. The largest absolute Gasteiger partial charge is 0.471 e. The fourth-order valence-electron chi connectivity index (χ4n) is 2.13. The van der Waals surface area contributed by atoms with E-state index in [9.17, 15) is 14.5 Å². The van der Waals surface area contributed by atoms with E-state index < -0.39 is 25.1 Å². The third-order valence-electron chi connectivity index (χ3n) is 3.68. The van der Waals surface area contributed by atoms with Crippen LogP contribution >= 0.6 is 0 Å². The lowest BCUT2D eigenvalue weighted by Gasteiger charge is -2.15. The molecule has 2 atom stereocenters. The van der Waals surface area contributed by atoms with Gasteiger partial charge in [-0.1, -0.05) is 19.6 Å². The SMILES string of the molecule is C[Si](C)(C)CCOCn1cc([N+](=O)[O-])c(OC[C@H]2COC[C@H]2F)n1. The summed E-state index contributed by atoms with van der Waals surface area (Å²) in [5.74, 6) is -0.546. The summed E-state index contributed by atoms with van der Waals surface area (Å²) < 4.78 is 30.7. The topological polar surface area (TPSA) is 88.7 Å². The zero-order valence-electron chi connectivity index (χ0n) is 14.2. The van der Waals surface area contributed by atoms with Gasteiger partial charge < -0.3 is 14.2 Å². The number of hydrogen-bond donors (Lipinski definition) is 0. The number of halogens is 1. The molecule has 0 unspecified atom stereocenters. The zero-order chi connectivity index (χ0) is 17.7. The molecule has 1 aliphatic rings. The smallest absolute Gasteiger partial charge is 0.350 e. The van der Waals surface area contributed by atoms with Gasteiger partial charge in [0.25, 0.3) is 0 Å². The van der Waals surface area contributed by atoms with Crippen molar-refractivity contribution in [3.63, 3.8) is 0 Å². The second kappa shape index (κ2) is 8.04. The molecule has 1 aromatic heterocycles. The molecule has 2 heterocycles. The van der Waals surface area contributed by atoms with Crippen LogP contribution in [-0.4, -0.2) is 55.4 Å². The lowest BCUT2D eigenvalue weighted by Crippen LogP contribution is -2.22. The van der Waals surface area contributed by atoms with Crippen molar-refractivity contribution >= 4 is 13.8 Å². The van der Waals surface area contributed by atoms with Crippen molar-refractivity contribution in [2.24, 2.45) is 5.92 Å². The van der Waals surface area contributed by atoms with Crippen molar-refractivity contribution in [1.29, 1.82) is 0 Å². The second-order valence-corrected chi connectivity index (χ2v) is 12.7. The van der Waals surface area contributed by atoms with E-state index >= 15 is 0 Å². The summed E-state index contributed by atoms with van der Waals surface area (Å²) in [5, 5.41) is 15.1. The highest BCUT2D eigenvalue weighted by Gasteiger charge is 2.30. The molecule has 136 valence electrons. The highest BCUT2D eigenvalue weighted by Crippen LogP contribution is 2.26. The Morgan fingerprint density at radius 3 is 2.83 bits per heavy atom. The first-order chi connectivity index (χ1) is 11.3. The van der Waals surface area contributed by atoms with Gasteiger partial charge >= 0.3 is 11.6 Å². The molecule has 0 spiro atoms. The van der Waals surface area contributed by atoms with Crippen LogP contribution in [0.4, 0.5) is 10.1 Å². The van der Waals surface area contributed by atoms with Crippen LogP contribution in [0.25, 0.3) is 0 Å². The van der Waals surface area contributed by atoms with E-state index in [2.05, 4.69) is 24.7 Å². The number of alkyl halides is 1. The Morgan fingerprint density at radius 1 is 1.50 bits per heavy atom. The molecule has 1 aromatic rings. The van der Waals surface area contributed by atoms with E-state index in [1.54, 1.807) is 0 Å². The Balaban J connectivity index is 1.90. The Bertz CT molecular complexity index is 563. The highest BCUT2D eigenvalue weighted by molar-refractivity contribution is 6.76. The number of rotatable bonds is 9. The Morgan fingerprint density at radius 2 is 2.25 bits per heavy atom. The first-order valence-electron chi connectivity index (χ1n) is 7.90. The van der Waals surface area contributed by atoms with Gasteiger partial charge in [-0.15, -0.1) is 5.10 Å². The minimum absolute atomic E-state index is 0.00446. The third-order valence-corrected chi connectivity index (χ3v) is 5.39. The standard InChI is InChI=1S/C14H24FN3O5Si/c1-24(2,3)5-4-21-10-17-6-13(18(19)20)14(16-17)23-8-11-7-22-9-12(11)15/h6,11-12H,4-5,7-10H2,1-3H3/t11-,12-/m1/s1. The molecule has 10 heteroatoms. The van der Waals surface area contributed by atoms with Crippen molar-refractivity contribution in [2.75, 3.05) is 26.4 Å². The third kappa shape index (κ3) is 5.53. The van der Waals surface area contributed by atoms with Crippen molar-refractivity contribution in [1.82, 2.24) is 9.78 Å². The van der Waals surface area contributed by atoms with Gasteiger partial charge in [-0.2, -0.15) is 0 Å². The van der Waals surface area contributed by atoms with Crippen molar-refractivity contribution < 1.29 is 23.5 Å². The van der Waals surface area contributed by atoms with Crippen LogP contribution in [-0.2, 0) is 16.2 Å². The predicted molar refractivity (Wildman–Crippen MR) is 87.7 cm³/mol. The van der Waals surface area contributed by atoms with Crippen LogP contribution in [0.15, 0.2) is 6.20 Å².